The average Bonchev–Trinajstić information content (AvgIpc) is 3.14. The van der Waals surface area contributed by atoms with Crippen molar-refractivity contribution in [2.24, 2.45) is 5.92 Å². The number of anilines is 1. The summed E-state index contributed by atoms with van der Waals surface area (Å²) in [5.41, 5.74) is 1.60. The van der Waals surface area contributed by atoms with Gasteiger partial charge in [-0.15, -0.1) is 11.3 Å². The van der Waals surface area contributed by atoms with E-state index >= 15 is 0 Å². The van der Waals surface area contributed by atoms with E-state index in [-0.39, 0.29) is 17.4 Å². The fraction of sp³-hybridized carbons (Fsp3) is 0.462. The molecule has 0 unspecified atom stereocenters. The smallest absolute Gasteiger partial charge is 0.282 e. The Morgan fingerprint density at radius 2 is 2.05 bits per heavy atom. The summed E-state index contributed by atoms with van der Waals surface area (Å²) in [5, 5.41) is 2.74. The molecule has 5 nitrogen and oxygen atoms in total. The van der Waals surface area contributed by atoms with Crippen LogP contribution in [0, 0.1) is 26.7 Å². The van der Waals surface area contributed by atoms with Gasteiger partial charge in [0.05, 0.1) is 5.69 Å². The molecule has 0 bridgehead atoms. The summed E-state index contributed by atoms with van der Waals surface area (Å²) in [4.78, 5) is 30.5. The van der Waals surface area contributed by atoms with Crippen LogP contribution in [0.2, 0.25) is 0 Å². The van der Waals surface area contributed by atoms with Gasteiger partial charge in [0.25, 0.3) is 5.56 Å². The van der Waals surface area contributed by atoms with E-state index in [1.807, 2.05) is 13.8 Å². The lowest BCUT2D eigenvalue weighted by Crippen LogP contribution is -2.25. The van der Waals surface area contributed by atoms with Crippen molar-refractivity contribution in [1.82, 2.24) is 9.38 Å². The number of nitrogens with one attached hydrogen (secondary N) is 1. The Morgan fingerprint density at radius 3 is 2.68 bits per heavy atom. The molecule has 1 saturated carbocycles. The largest absolute Gasteiger partial charge is 0.320 e. The van der Waals surface area contributed by atoms with Gasteiger partial charge in [0.1, 0.15) is 5.69 Å². The van der Waals surface area contributed by atoms with E-state index < -0.39 is 0 Å². The van der Waals surface area contributed by atoms with E-state index in [0.29, 0.717) is 16.3 Å². The Bertz CT molecular complexity index is 740. The van der Waals surface area contributed by atoms with Crippen LogP contribution in [0.1, 0.15) is 29.1 Å². The summed E-state index contributed by atoms with van der Waals surface area (Å²) in [5.74, 6) is 0.0105. The molecule has 6 heteroatoms. The predicted molar refractivity (Wildman–Crippen MR) is 74.9 cm³/mol. The number of amides is 1. The molecule has 3 rings (SSSR count). The highest BCUT2D eigenvalue weighted by atomic mass is 32.1. The van der Waals surface area contributed by atoms with Crippen molar-refractivity contribution < 1.29 is 4.79 Å². The minimum Gasteiger partial charge on any atom is -0.320 e. The molecule has 100 valence electrons. The Hall–Kier alpha value is -1.69. The monoisotopic (exact) mass is 277 g/mol. The van der Waals surface area contributed by atoms with Crippen molar-refractivity contribution in [3.05, 3.63) is 26.6 Å². The van der Waals surface area contributed by atoms with Gasteiger partial charge in [-0.3, -0.25) is 14.0 Å². The standard InChI is InChI=1S/C13H15N3O2S/c1-6-10(15-11(17)9-4-5-9)12(18)16-7(2)8(3)19-13(16)14-6/h9H,4-5H2,1-3H3,(H,15,17). The second kappa shape index (κ2) is 4.16. The van der Waals surface area contributed by atoms with Crippen LogP contribution in [0.4, 0.5) is 5.69 Å². The van der Waals surface area contributed by atoms with Crippen LogP contribution in [0.25, 0.3) is 4.96 Å². The van der Waals surface area contributed by atoms with Gasteiger partial charge in [0, 0.05) is 16.5 Å². The lowest BCUT2D eigenvalue weighted by Gasteiger charge is -2.07. The van der Waals surface area contributed by atoms with Gasteiger partial charge in [-0.1, -0.05) is 0 Å². The first-order chi connectivity index (χ1) is 8.99. The summed E-state index contributed by atoms with van der Waals surface area (Å²) in [6.45, 7) is 5.62. The van der Waals surface area contributed by atoms with Crippen molar-refractivity contribution in [3.8, 4) is 0 Å². The van der Waals surface area contributed by atoms with Crippen molar-refractivity contribution in [3.63, 3.8) is 0 Å². The number of hydrogen-bond acceptors (Lipinski definition) is 4. The summed E-state index contributed by atoms with van der Waals surface area (Å²) in [6, 6.07) is 0. The van der Waals surface area contributed by atoms with E-state index in [4.69, 9.17) is 0 Å². The summed E-state index contributed by atoms with van der Waals surface area (Å²) in [6.07, 6.45) is 1.83. The first-order valence-electron chi connectivity index (χ1n) is 6.29. The van der Waals surface area contributed by atoms with Gasteiger partial charge in [0.15, 0.2) is 4.96 Å². The number of rotatable bonds is 2. The summed E-state index contributed by atoms with van der Waals surface area (Å²) in [7, 11) is 0. The molecule has 19 heavy (non-hydrogen) atoms. The second-order valence-electron chi connectivity index (χ2n) is 5.00. The third-order valence-electron chi connectivity index (χ3n) is 3.52. The number of carbonyl (C=O) groups excluding carboxylic acids is 1. The molecule has 1 amide bonds. The van der Waals surface area contributed by atoms with Gasteiger partial charge >= 0.3 is 0 Å². The SMILES string of the molecule is Cc1nc2sc(C)c(C)n2c(=O)c1NC(=O)C1CC1. The van der Waals surface area contributed by atoms with Crippen LogP contribution in [-0.4, -0.2) is 15.3 Å². The molecule has 0 spiro atoms. The molecule has 2 heterocycles. The van der Waals surface area contributed by atoms with Crippen LogP contribution in [0.5, 0.6) is 0 Å². The maximum Gasteiger partial charge on any atom is 0.282 e. The number of nitrogens with zero attached hydrogens (tertiary/aromatic N) is 2. The fourth-order valence-electron chi connectivity index (χ4n) is 2.05. The minimum absolute atomic E-state index is 0.0634. The summed E-state index contributed by atoms with van der Waals surface area (Å²) >= 11 is 1.49. The highest BCUT2D eigenvalue weighted by Crippen LogP contribution is 2.30. The van der Waals surface area contributed by atoms with Crippen molar-refractivity contribution in [1.29, 1.82) is 0 Å². The molecule has 1 aliphatic carbocycles. The molecule has 2 aromatic rings. The zero-order valence-electron chi connectivity index (χ0n) is 11.1. The molecular formula is C13H15N3O2S. The lowest BCUT2D eigenvalue weighted by molar-refractivity contribution is -0.117. The molecule has 0 aromatic carbocycles. The van der Waals surface area contributed by atoms with E-state index in [0.717, 1.165) is 23.4 Å². The fourth-order valence-corrected chi connectivity index (χ4v) is 3.06. The maximum atomic E-state index is 12.5. The zero-order chi connectivity index (χ0) is 13.7. The average molecular weight is 277 g/mol. The molecule has 0 radical (unpaired) electrons. The van der Waals surface area contributed by atoms with Crippen LogP contribution < -0.4 is 10.9 Å². The highest BCUT2D eigenvalue weighted by molar-refractivity contribution is 7.17. The van der Waals surface area contributed by atoms with Gasteiger partial charge < -0.3 is 5.32 Å². The first kappa shape index (κ1) is 12.3. The quantitative estimate of drug-likeness (QED) is 0.913. The molecule has 0 saturated heterocycles. The van der Waals surface area contributed by atoms with Crippen LogP contribution in [0.15, 0.2) is 4.79 Å². The second-order valence-corrected chi connectivity index (χ2v) is 6.18. The Kier molecular flexibility index (Phi) is 2.70. The minimum atomic E-state index is -0.182. The van der Waals surface area contributed by atoms with E-state index in [9.17, 15) is 9.59 Å². The molecule has 2 aromatic heterocycles. The molecule has 1 N–H and O–H groups in total. The first-order valence-corrected chi connectivity index (χ1v) is 7.11. The number of hydrogen-bond donors (Lipinski definition) is 1. The van der Waals surface area contributed by atoms with Crippen LogP contribution in [0.3, 0.4) is 0 Å². The number of aromatic nitrogens is 2. The van der Waals surface area contributed by atoms with Crippen molar-refractivity contribution >= 4 is 27.9 Å². The van der Waals surface area contributed by atoms with E-state index in [2.05, 4.69) is 10.3 Å². The number of carbonyl (C=O) groups is 1. The van der Waals surface area contributed by atoms with E-state index in [1.165, 1.54) is 11.3 Å². The zero-order valence-corrected chi connectivity index (χ0v) is 11.9. The van der Waals surface area contributed by atoms with Crippen LogP contribution in [-0.2, 0) is 4.79 Å². The molecule has 1 aliphatic rings. The van der Waals surface area contributed by atoms with Crippen molar-refractivity contribution in [2.45, 2.75) is 33.6 Å². The van der Waals surface area contributed by atoms with Crippen LogP contribution >= 0.6 is 11.3 Å². The number of fused-ring (bicyclic) bond motifs is 1. The van der Waals surface area contributed by atoms with Gasteiger partial charge in [0.2, 0.25) is 5.91 Å². The van der Waals surface area contributed by atoms with Gasteiger partial charge in [-0.05, 0) is 33.6 Å². The Balaban J connectivity index is 2.15. The highest BCUT2D eigenvalue weighted by Gasteiger charge is 2.30. The lowest BCUT2D eigenvalue weighted by atomic mass is 10.3. The third-order valence-corrected chi connectivity index (χ3v) is 4.58. The maximum absolute atomic E-state index is 12.5. The van der Waals surface area contributed by atoms with E-state index in [1.54, 1.807) is 11.3 Å². The number of thiazole rings is 1. The third kappa shape index (κ3) is 1.96. The summed E-state index contributed by atoms with van der Waals surface area (Å²) < 4.78 is 1.58. The Labute approximate surface area is 114 Å². The van der Waals surface area contributed by atoms with Crippen molar-refractivity contribution in [2.75, 3.05) is 5.32 Å². The molecule has 0 aliphatic heterocycles. The topological polar surface area (TPSA) is 63.5 Å². The van der Waals surface area contributed by atoms with Gasteiger partial charge in [-0.25, -0.2) is 4.98 Å². The Morgan fingerprint density at radius 1 is 1.37 bits per heavy atom. The molecule has 0 atom stereocenters. The molecule has 1 fully saturated rings. The predicted octanol–water partition coefficient (Wildman–Crippen LogP) is 2.03. The molecular weight excluding hydrogens is 262 g/mol. The normalized spacial score (nSPS) is 14.9. The van der Waals surface area contributed by atoms with Gasteiger partial charge in [-0.2, -0.15) is 0 Å². The number of aryl methyl sites for hydroxylation is 3.